The Morgan fingerprint density at radius 1 is 1.44 bits per heavy atom. The highest BCUT2D eigenvalue weighted by Gasteiger charge is 2.21. The van der Waals surface area contributed by atoms with E-state index in [0.29, 0.717) is 0 Å². The molecule has 1 aromatic carbocycles. The summed E-state index contributed by atoms with van der Waals surface area (Å²) in [5, 5.41) is 12.3. The van der Waals surface area contributed by atoms with Gasteiger partial charge in [0.15, 0.2) is 0 Å². The molecule has 0 saturated carbocycles. The molecule has 0 aliphatic carbocycles. The summed E-state index contributed by atoms with van der Waals surface area (Å²) in [4.78, 5) is 11.9. The maximum Gasteiger partial charge on any atom is 0.237 e. The number of phenols is 1. The summed E-state index contributed by atoms with van der Waals surface area (Å²) in [5.41, 5.74) is 6.73. The Balaban J connectivity index is 2.65. The highest BCUT2D eigenvalue weighted by molar-refractivity contribution is 5.82. The zero-order valence-corrected chi connectivity index (χ0v) is 11.2. The maximum absolute atomic E-state index is 11.9. The van der Waals surface area contributed by atoms with Gasteiger partial charge in [-0.05, 0) is 30.5 Å². The Morgan fingerprint density at radius 2 is 2.11 bits per heavy atom. The van der Waals surface area contributed by atoms with E-state index in [-0.39, 0.29) is 23.6 Å². The smallest absolute Gasteiger partial charge is 0.237 e. The van der Waals surface area contributed by atoms with Crippen molar-refractivity contribution in [2.75, 3.05) is 0 Å². The molecule has 0 aliphatic rings. The average Bonchev–Trinajstić information content (AvgIpc) is 2.36. The van der Waals surface area contributed by atoms with E-state index >= 15 is 0 Å². The molecule has 0 aliphatic heterocycles. The van der Waals surface area contributed by atoms with Crippen molar-refractivity contribution in [1.82, 2.24) is 5.32 Å². The van der Waals surface area contributed by atoms with E-state index in [1.165, 1.54) is 0 Å². The molecule has 2 unspecified atom stereocenters. The molecule has 0 spiro atoms. The fourth-order valence-corrected chi connectivity index (χ4v) is 1.70. The minimum Gasteiger partial charge on any atom is -0.508 e. The van der Waals surface area contributed by atoms with Crippen molar-refractivity contribution < 1.29 is 9.90 Å². The lowest BCUT2D eigenvalue weighted by Gasteiger charge is -2.21. The van der Waals surface area contributed by atoms with E-state index in [4.69, 9.17) is 5.73 Å². The molecule has 0 heterocycles. The molecule has 0 saturated heterocycles. The van der Waals surface area contributed by atoms with Crippen LogP contribution < -0.4 is 11.1 Å². The third kappa shape index (κ3) is 3.74. The SMILES string of the molecule is CCC(C)[C@H](N)C(=O)NC(C)c1cccc(O)c1. The molecule has 1 amide bonds. The summed E-state index contributed by atoms with van der Waals surface area (Å²) < 4.78 is 0. The van der Waals surface area contributed by atoms with Crippen molar-refractivity contribution in [3.8, 4) is 5.75 Å². The minimum atomic E-state index is -0.491. The molecule has 4 nitrogen and oxygen atoms in total. The number of aromatic hydroxyl groups is 1. The van der Waals surface area contributed by atoms with Gasteiger partial charge < -0.3 is 16.2 Å². The number of hydrogen-bond acceptors (Lipinski definition) is 3. The molecule has 0 aromatic heterocycles. The zero-order valence-electron chi connectivity index (χ0n) is 11.2. The van der Waals surface area contributed by atoms with Crippen molar-refractivity contribution in [2.24, 2.45) is 11.7 Å². The molecular weight excluding hydrogens is 228 g/mol. The Morgan fingerprint density at radius 3 is 2.67 bits per heavy atom. The summed E-state index contributed by atoms with van der Waals surface area (Å²) in [6.07, 6.45) is 0.870. The van der Waals surface area contributed by atoms with Gasteiger partial charge in [0, 0.05) is 0 Å². The topological polar surface area (TPSA) is 75.4 Å². The van der Waals surface area contributed by atoms with E-state index in [1.807, 2.05) is 26.8 Å². The van der Waals surface area contributed by atoms with E-state index in [0.717, 1.165) is 12.0 Å². The van der Waals surface area contributed by atoms with Crippen molar-refractivity contribution in [3.05, 3.63) is 29.8 Å². The Hall–Kier alpha value is -1.55. The monoisotopic (exact) mass is 250 g/mol. The molecule has 1 aromatic rings. The van der Waals surface area contributed by atoms with Crippen LogP contribution in [0.25, 0.3) is 0 Å². The second kappa shape index (κ2) is 6.40. The summed E-state index contributed by atoms with van der Waals surface area (Å²) in [5.74, 6) is 0.196. The number of carbonyl (C=O) groups excluding carboxylic acids is 1. The predicted molar refractivity (Wildman–Crippen MR) is 72.1 cm³/mol. The fraction of sp³-hybridized carbons (Fsp3) is 0.500. The van der Waals surface area contributed by atoms with Crippen LogP contribution in [0.3, 0.4) is 0 Å². The molecular formula is C14H22N2O2. The largest absolute Gasteiger partial charge is 0.508 e. The molecule has 0 bridgehead atoms. The second-order valence-corrected chi connectivity index (χ2v) is 4.74. The summed E-state index contributed by atoms with van der Waals surface area (Å²) in [7, 11) is 0. The van der Waals surface area contributed by atoms with Gasteiger partial charge in [0.1, 0.15) is 5.75 Å². The number of nitrogens with one attached hydrogen (secondary N) is 1. The Bertz CT molecular complexity index is 407. The number of carbonyl (C=O) groups is 1. The fourth-order valence-electron chi connectivity index (χ4n) is 1.70. The van der Waals surface area contributed by atoms with E-state index in [9.17, 15) is 9.90 Å². The number of rotatable bonds is 5. The Labute approximate surface area is 108 Å². The van der Waals surface area contributed by atoms with Gasteiger partial charge in [-0.15, -0.1) is 0 Å². The van der Waals surface area contributed by atoms with Crippen molar-refractivity contribution in [1.29, 1.82) is 0 Å². The third-order valence-electron chi connectivity index (χ3n) is 3.29. The molecule has 0 radical (unpaired) electrons. The molecule has 4 N–H and O–H groups in total. The Kier molecular flexibility index (Phi) is 5.16. The van der Waals surface area contributed by atoms with Crippen LogP contribution in [0.1, 0.15) is 38.8 Å². The number of amides is 1. The lowest BCUT2D eigenvalue weighted by molar-refractivity contribution is -0.124. The summed E-state index contributed by atoms with van der Waals surface area (Å²) >= 11 is 0. The lowest BCUT2D eigenvalue weighted by Crippen LogP contribution is -2.45. The first kappa shape index (κ1) is 14.5. The third-order valence-corrected chi connectivity index (χ3v) is 3.29. The van der Waals surface area contributed by atoms with Gasteiger partial charge in [-0.2, -0.15) is 0 Å². The molecule has 1 rings (SSSR count). The first-order valence-electron chi connectivity index (χ1n) is 6.30. The van der Waals surface area contributed by atoms with E-state index < -0.39 is 6.04 Å². The van der Waals surface area contributed by atoms with Crippen LogP contribution in [0.5, 0.6) is 5.75 Å². The van der Waals surface area contributed by atoms with Gasteiger partial charge in [-0.1, -0.05) is 32.4 Å². The first-order valence-corrected chi connectivity index (χ1v) is 6.30. The van der Waals surface area contributed by atoms with Crippen LogP contribution in [0, 0.1) is 5.92 Å². The van der Waals surface area contributed by atoms with Gasteiger partial charge in [0.25, 0.3) is 0 Å². The molecule has 3 atom stereocenters. The maximum atomic E-state index is 11.9. The predicted octanol–water partition coefficient (Wildman–Crippen LogP) is 1.94. The van der Waals surface area contributed by atoms with E-state index in [1.54, 1.807) is 18.2 Å². The highest BCUT2D eigenvalue weighted by atomic mass is 16.3. The second-order valence-electron chi connectivity index (χ2n) is 4.74. The van der Waals surface area contributed by atoms with Crippen LogP contribution in [-0.2, 0) is 4.79 Å². The summed E-state index contributed by atoms with van der Waals surface area (Å²) in [6, 6.07) is 6.19. The van der Waals surface area contributed by atoms with E-state index in [2.05, 4.69) is 5.32 Å². The van der Waals surface area contributed by atoms with Crippen LogP contribution in [0.2, 0.25) is 0 Å². The minimum absolute atomic E-state index is 0.153. The van der Waals surface area contributed by atoms with Gasteiger partial charge in [0.2, 0.25) is 5.91 Å². The number of nitrogens with two attached hydrogens (primary N) is 1. The van der Waals surface area contributed by atoms with Gasteiger partial charge in [-0.3, -0.25) is 4.79 Å². The van der Waals surface area contributed by atoms with Crippen molar-refractivity contribution >= 4 is 5.91 Å². The van der Waals surface area contributed by atoms with Crippen LogP contribution in [-0.4, -0.2) is 17.1 Å². The number of benzene rings is 1. The number of hydrogen-bond donors (Lipinski definition) is 3. The number of phenolic OH excluding ortho intramolecular Hbond substituents is 1. The zero-order chi connectivity index (χ0) is 13.7. The standard InChI is InChI=1S/C14H22N2O2/c1-4-9(2)13(15)14(18)16-10(3)11-6-5-7-12(17)8-11/h5-10,13,17H,4,15H2,1-3H3,(H,16,18)/t9?,10?,13-/m0/s1. The normalized spacial score (nSPS) is 15.8. The molecule has 4 heteroatoms. The van der Waals surface area contributed by atoms with Crippen molar-refractivity contribution in [2.45, 2.75) is 39.3 Å². The lowest BCUT2D eigenvalue weighted by atomic mass is 9.98. The van der Waals surface area contributed by atoms with Crippen LogP contribution in [0.15, 0.2) is 24.3 Å². The van der Waals surface area contributed by atoms with Gasteiger partial charge >= 0.3 is 0 Å². The molecule has 0 fully saturated rings. The highest BCUT2D eigenvalue weighted by Crippen LogP contribution is 2.18. The molecule has 18 heavy (non-hydrogen) atoms. The van der Waals surface area contributed by atoms with Gasteiger partial charge in [-0.25, -0.2) is 0 Å². The molecule has 100 valence electrons. The summed E-state index contributed by atoms with van der Waals surface area (Å²) in [6.45, 7) is 5.84. The van der Waals surface area contributed by atoms with Gasteiger partial charge in [0.05, 0.1) is 12.1 Å². The van der Waals surface area contributed by atoms with Crippen LogP contribution >= 0.6 is 0 Å². The van der Waals surface area contributed by atoms with Crippen molar-refractivity contribution in [3.63, 3.8) is 0 Å². The quantitative estimate of drug-likeness (QED) is 0.747. The average molecular weight is 250 g/mol. The van der Waals surface area contributed by atoms with Crippen LogP contribution in [0.4, 0.5) is 0 Å². The first-order chi connectivity index (χ1) is 8.45.